The number of amides is 2. The van der Waals surface area contributed by atoms with Crippen LogP contribution in [0.15, 0.2) is 48.5 Å². The van der Waals surface area contributed by atoms with Gasteiger partial charge in [0.25, 0.3) is 0 Å². The highest BCUT2D eigenvalue weighted by Crippen LogP contribution is 2.16. The van der Waals surface area contributed by atoms with Gasteiger partial charge in [0.1, 0.15) is 17.7 Å². The van der Waals surface area contributed by atoms with Gasteiger partial charge in [-0.2, -0.15) is 0 Å². The summed E-state index contributed by atoms with van der Waals surface area (Å²) in [6.45, 7) is 4.53. The molecule has 0 aromatic heterocycles. The maximum atomic E-state index is 13.2. The van der Waals surface area contributed by atoms with E-state index in [1.165, 1.54) is 40.9 Å². The molecule has 4 nitrogen and oxygen atoms in total. The number of nitrogens with zero attached hydrogens (tertiary/aromatic N) is 1. The lowest BCUT2D eigenvalue weighted by Gasteiger charge is -2.28. The van der Waals surface area contributed by atoms with Gasteiger partial charge in [0.15, 0.2) is 0 Å². The smallest absolute Gasteiger partial charge is 0.242 e. The molecular formula is C23H28F2N2O2S. The molecule has 0 fully saturated rings. The average molecular weight is 435 g/mol. The molecule has 0 heterocycles. The molecule has 0 radical (unpaired) electrons. The van der Waals surface area contributed by atoms with E-state index in [1.807, 2.05) is 6.92 Å². The van der Waals surface area contributed by atoms with Crippen molar-refractivity contribution in [3.05, 3.63) is 71.3 Å². The van der Waals surface area contributed by atoms with E-state index in [9.17, 15) is 18.4 Å². The minimum absolute atomic E-state index is 0.176. The fraction of sp³-hybridized carbons (Fsp3) is 0.391. The standard InChI is InChI=1S/C23H28F2N2O2S/c1-3-4-13-26-23(29)17(2)27(14-18-5-9-20(24)10-6-18)22(28)16-30-15-19-7-11-21(25)12-8-19/h5-12,17H,3-4,13-16H2,1-2H3,(H,26,29)/t17-/m1/s1. The molecule has 2 rings (SSSR count). The van der Waals surface area contributed by atoms with Crippen molar-refractivity contribution in [3.8, 4) is 0 Å². The number of nitrogens with one attached hydrogen (secondary N) is 1. The molecule has 1 N–H and O–H groups in total. The molecule has 0 spiro atoms. The summed E-state index contributed by atoms with van der Waals surface area (Å²) in [4.78, 5) is 27.0. The van der Waals surface area contributed by atoms with Crippen molar-refractivity contribution in [1.82, 2.24) is 10.2 Å². The SMILES string of the molecule is CCCCNC(=O)[C@@H](C)N(Cc1ccc(F)cc1)C(=O)CSCc1ccc(F)cc1. The van der Waals surface area contributed by atoms with Crippen LogP contribution in [0.1, 0.15) is 37.8 Å². The summed E-state index contributed by atoms with van der Waals surface area (Å²) in [6.07, 6.45) is 1.84. The molecule has 2 amide bonds. The quantitative estimate of drug-likeness (QED) is 0.529. The Hall–Kier alpha value is -2.41. The second-order valence-corrected chi connectivity index (χ2v) is 8.07. The van der Waals surface area contributed by atoms with Crippen molar-refractivity contribution in [1.29, 1.82) is 0 Å². The summed E-state index contributed by atoms with van der Waals surface area (Å²) < 4.78 is 26.2. The molecule has 162 valence electrons. The zero-order valence-corrected chi connectivity index (χ0v) is 18.2. The summed E-state index contributed by atoms with van der Waals surface area (Å²) in [5.74, 6) is -0.282. The summed E-state index contributed by atoms with van der Waals surface area (Å²) in [6, 6.07) is 11.4. The summed E-state index contributed by atoms with van der Waals surface area (Å²) in [5.41, 5.74) is 1.67. The van der Waals surface area contributed by atoms with Gasteiger partial charge in [0, 0.05) is 18.8 Å². The van der Waals surface area contributed by atoms with Crippen LogP contribution in [0, 0.1) is 11.6 Å². The van der Waals surface area contributed by atoms with Gasteiger partial charge in [-0.1, -0.05) is 37.6 Å². The van der Waals surface area contributed by atoms with Gasteiger partial charge >= 0.3 is 0 Å². The van der Waals surface area contributed by atoms with Gasteiger partial charge < -0.3 is 10.2 Å². The fourth-order valence-corrected chi connectivity index (χ4v) is 3.70. The predicted molar refractivity (Wildman–Crippen MR) is 117 cm³/mol. The van der Waals surface area contributed by atoms with Gasteiger partial charge in [-0.3, -0.25) is 9.59 Å². The number of thioether (sulfide) groups is 1. The Balaban J connectivity index is 2.02. The van der Waals surface area contributed by atoms with E-state index in [4.69, 9.17) is 0 Å². The van der Waals surface area contributed by atoms with Crippen LogP contribution in [0.3, 0.4) is 0 Å². The first-order valence-electron chi connectivity index (χ1n) is 10.0. The minimum Gasteiger partial charge on any atom is -0.354 e. The molecule has 2 aromatic rings. The van der Waals surface area contributed by atoms with Crippen LogP contribution in [0.5, 0.6) is 0 Å². The van der Waals surface area contributed by atoms with Crippen molar-refractivity contribution in [2.45, 2.75) is 45.0 Å². The van der Waals surface area contributed by atoms with Crippen LogP contribution < -0.4 is 5.32 Å². The van der Waals surface area contributed by atoms with Crippen LogP contribution >= 0.6 is 11.8 Å². The highest BCUT2D eigenvalue weighted by Gasteiger charge is 2.25. The van der Waals surface area contributed by atoms with Crippen LogP contribution in [0.25, 0.3) is 0 Å². The molecule has 0 aliphatic rings. The van der Waals surface area contributed by atoms with Gasteiger partial charge in [-0.15, -0.1) is 11.8 Å². The topological polar surface area (TPSA) is 49.4 Å². The van der Waals surface area contributed by atoms with Crippen LogP contribution in [-0.4, -0.2) is 35.1 Å². The Kier molecular flexibility index (Phi) is 9.80. The van der Waals surface area contributed by atoms with E-state index in [1.54, 1.807) is 31.2 Å². The molecule has 7 heteroatoms. The van der Waals surface area contributed by atoms with E-state index in [2.05, 4.69) is 5.32 Å². The molecule has 30 heavy (non-hydrogen) atoms. The molecule has 0 saturated heterocycles. The Morgan fingerprint density at radius 1 is 1.00 bits per heavy atom. The summed E-state index contributed by atoms with van der Waals surface area (Å²) >= 11 is 1.41. The lowest BCUT2D eigenvalue weighted by atomic mass is 10.1. The van der Waals surface area contributed by atoms with Crippen molar-refractivity contribution >= 4 is 23.6 Å². The molecule has 0 aliphatic carbocycles. The zero-order chi connectivity index (χ0) is 21.9. The zero-order valence-electron chi connectivity index (χ0n) is 17.4. The number of hydrogen-bond donors (Lipinski definition) is 1. The van der Waals surface area contributed by atoms with Crippen molar-refractivity contribution < 1.29 is 18.4 Å². The summed E-state index contributed by atoms with van der Waals surface area (Å²) in [7, 11) is 0. The third kappa shape index (κ3) is 7.78. The molecule has 0 bridgehead atoms. The Morgan fingerprint density at radius 3 is 2.13 bits per heavy atom. The van der Waals surface area contributed by atoms with E-state index >= 15 is 0 Å². The largest absolute Gasteiger partial charge is 0.354 e. The first kappa shape index (κ1) is 23.9. The number of benzene rings is 2. The van der Waals surface area contributed by atoms with Gasteiger partial charge in [0.2, 0.25) is 11.8 Å². The number of halogens is 2. The lowest BCUT2D eigenvalue weighted by molar-refractivity contribution is -0.138. The van der Waals surface area contributed by atoms with Crippen molar-refractivity contribution in [2.75, 3.05) is 12.3 Å². The van der Waals surface area contributed by atoms with Gasteiger partial charge in [-0.05, 0) is 48.7 Å². The first-order chi connectivity index (χ1) is 14.4. The van der Waals surface area contributed by atoms with E-state index in [-0.39, 0.29) is 35.7 Å². The first-order valence-corrected chi connectivity index (χ1v) is 11.2. The monoisotopic (exact) mass is 434 g/mol. The number of hydrogen-bond acceptors (Lipinski definition) is 3. The number of carbonyl (C=O) groups is 2. The summed E-state index contributed by atoms with van der Waals surface area (Å²) in [5, 5.41) is 2.87. The lowest BCUT2D eigenvalue weighted by Crippen LogP contribution is -2.48. The van der Waals surface area contributed by atoms with Crippen molar-refractivity contribution in [2.24, 2.45) is 0 Å². The van der Waals surface area contributed by atoms with Gasteiger partial charge in [-0.25, -0.2) is 8.78 Å². The molecule has 0 unspecified atom stereocenters. The Bertz CT molecular complexity index is 813. The highest BCUT2D eigenvalue weighted by molar-refractivity contribution is 7.99. The fourth-order valence-electron chi connectivity index (χ4n) is 2.82. The van der Waals surface area contributed by atoms with Crippen LogP contribution in [0.4, 0.5) is 8.78 Å². The normalized spacial score (nSPS) is 11.7. The molecule has 0 saturated carbocycles. The predicted octanol–water partition coefficient (Wildman–Crippen LogP) is 4.53. The highest BCUT2D eigenvalue weighted by atomic mass is 32.2. The van der Waals surface area contributed by atoms with E-state index in [0.29, 0.717) is 12.3 Å². The second-order valence-electron chi connectivity index (χ2n) is 7.09. The number of unbranched alkanes of at least 4 members (excludes halogenated alkanes) is 1. The van der Waals surface area contributed by atoms with Crippen LogP contribution in [0.2, 0.25) is 0 Å². The molecule has 1 atom stereocenters. The maximum Gasteiger partial charge on any atom is 0.242 e. The molecular weight excluding hydrogens is 406 g/mol. The van der Waals surface area contributed by atoms with Crippen LogP contribution in [-0.2, 0) is 21.9 Å². The van der Waals surface area contributed by atoms with Crippen molar-refractivity contribution in [3.63, 3.8) is 0 Å². The average Bonchev–Trinajstić information content (AvgIpc) is 2.74. The van der Waals surface area contributed by atoms with E-state index < -0.39 is 6.04 Å². The third-order valence-electron chi connectivity index (χ3n) is 4.67. The molecule has 2 aromatic carbocycles. The number of carbonyl (C=O) groups excluding carboxylic acids is 2. The third-order valence-corrected chi connectivity index (χ3v) is 5.66. The van der Waals surface area contributed by atoms with E-state index in [0.717, 1.165) is 24.0 Å². The Morgan fingerprint density at radius 2 is 1.57 bits per heavy atom. The second kappa shape index (κ2) is 12.3. The maximum absolute atomic E-state index is 13.2. The molecule has 0 aliphatic heterocycles. The number of rotatable bonds is 11. The van der Waals surface area contributed by atoms with Gasteiger partial charge in [0.05, 0.1) is 5.75 Å². The Labute approximate surface area is 181 Å². The minimum atomic E-state index is -0.647.